The van der Waals surface area contributed by atoms with E-state index in [-0.39, 0.29) is 18.6 Å². The lowest BCUT2D eigenvalue weighted by molar-refractivity contribution is -0.0323. The van der Waals surface area contributed by atoms with Crippen molar-refractivity contribution in [2.75, 3.05) is 20.7 Å². The van der Waals surface area contributed by atoms with Crippen LogP contribution < -0.4 is 0 Å². The second-order valence-corrected chi connectivity index (χ2v) is 3.18. The molecule has 0 heterocycles. The Morgan fingerprint density at radius 1 is 1.21 bits per heavy atom. The molecule has 0 aliphatic heterocycles. The van der Waals surface area contributed by atoms with Crippen LogP contribution in [0.3, 0.4) is 0 Å². The van der Waals surface area contributed by atoms with Gasteiger partial charge in [0.05, 0.1) is 0 Å². The average molecular weight is 216 g/mol. The van der Waals surface area contributed by atoms with Crippen LogP contribution >= 0.6 is 12.4 Å². The number of hydrogen-bond donors (Lipinski definition) is 0. The maximum Gasteiger partial charge on any atom is 0.136 e. The number of ether oxygens (including phenoxy) is 1. The highest BCUT2D eigenvalue weighted by Gasteiger charge is 2.12. The van der Waals surface area contributed by atoms with E-state index in [1.165, 1.54) is 5.56 Å². The minimum Gasteiger partial charge on any atom is -0.359 e. The molecule has 1 unspecified atom stereocenters. The molecule has 2 nitrogen and oxygen atoms in total. The zero-order valence-electron chi connectivity index (χ0n) is 8.93. The number of halogens is 1. The SMILES string of the molecule is CCOC(c1ccccc1)N(C)C.Cl. The van der Waals surface area contributed by atoms with Crippen molar-refractivity contribution in [3.8, 4) is 0 Å². The van der Waals surface area contributed by atoms with E-state index in [4.69, 9.17) is 4.74 Å². The fourth-order valence-corrected chi connectivity index (χ4v) is 1.32. The minimum atomic E-state index is 0. The Hall–Kier alpha value is -0.570. The average Bonchev–Trinajstić information content (AvgIpc) is 2.15. The molecule has 14 heavy (non-hydrogen) atoms. The summed E-state index contributed by atoms with van der Waals surface area (Å²) in [6, 6.07) is 10.2. The van der Waals surface area contributed by atoms with E-state index in [1.54, 1.807) is 0 Å². The topological polar surface area (TPSA) is 12.5 Å². The first-order valence-corrected chi connectivity index (χ1v) is 4.58. The number of nitrogens with zero attached hydrogens (tertiary/aromatic N) is 1. The molecule has 0 aliphatic rings. The number of hydrogen-bond acceptors (Lipinski definition) is 2. The van der Waals surface area contributed by atoms with Crippen molar-refractivity contribution >= 4 is 12.4 Å². The van der Waals surface area contributed by atoms with E-state index in [2.05, 4.69) is 17.0 Å². The lowest BCUT2D eigenvalue weighted by atomic mass is 10.2. The Labute approximate surface area is 92.3 Å². The Morgan fingerprint density at radius 2 is 1.79 bits per heavy atom. The van der Waals surface area contributed by atoms with Crippen molar-refractivity contribution in [2.24, 2.45) is 0 Å². The van der Waals surface area contributed by atoms with Crippen LogP contribution in [-0.2, 0) is 4.74 Å². The zero-order chi connectivity index (χ0) is 9.68. The van der Waals surface area contributed by atoms with Gasteiger partial charge in [0.1, 0.15) is 6.23 Å². The van der Waals surface area contributed by atoms with Crippen LogP contribution in [0.1, 0.15) is 18.7 Å². The van der Waals surface area contributed by atoms with Gasteiger partial charge in [0.15, 0.2) is 0 Å². The van der Waals surface area contributed by atoms with Gasteiger partial charge in [0.2, 0.25) is 0 Å². The highest BCUT2D eigenvalue weighted by atomic mass is 35.5. The molecule has 0 amide bonds. The van der Waals surface area contributed by atoms with Gasteiger partial charge in [-0.3, -0.25) is 4.90 Å². The van der Waals surface area contributed by atoms with Gasteiger partial charge >= 0.3 is 0 Å². The molecular weight excluding hydrogens is 198 g/mol. The lowest BCUT2D eigenvalue weighted by Crippen LogP contribution is -2.22. The van der Waals surface area contributed by atoms with Crippen molar-refractivity contribution in [1.29, 1.82) is 0 Å². The molecule has 0 aromatic heterocycles. The second-order valence-electron chi connectivity index (χ2n) is 3.18. The van der Waals surface area contributed by atoms with Gasteiger partial charge in [-0.15, -0.1) is 12.4 Å². The van der Waals surface area contributed by atoms with E-state index in [0.29, 0.717) is 0 Å². The Balaban J connectivity index is 0.00000169. The van der Waals surface area contributed by atoms with Crippen LogP contribution in [0.4, 0.5) is 0 Å². The third-order valence-electron chi connectivity index (χ3n) is 1.88. The summed E-state index contributed by atoms with van der Waals surface area (Å²) in [7, 11) is 4.04. The summed E-state index contributed by atoms with van der Waals surface area (Å²) in [4.78, 5) is 2.07. The summed E-state index contributed by atoms with van der Waals surface area (Å²) in [5.41, 5.74) is 1.20. The summed E-state index contributed by atoms with van der Waals surface area (Å²) < 4.78 is 5.62. The fraction of sp³-hybridized carbons (Fsp3) is 0.455. The van der Waals surface area contributed by atoms with Crippen molar-refractivity contribution in [1.82, 2.24) is 4.90 Å². The van der Waals surface area contributed by atoms with Crippen LogP contribution in [0.25, 0.3) is 0 Å². The third-order valence-corrected chi connectivity index (χ3v) is 1.88. The standard InChI is InChI=1S/C11H17NO.ClH/c1-4-13-11(12(2)3)10-8-6-5-7-9-10;/h5-9,11H,4H2,1-3H3;1H. The molecule has 3 heteroatoms. The minimum absolute atomic E-state index is 0. The largest absolute Gasteiger partial charge is 0.359 e. The second kappa shape index (κ2) is 6.82. The molecule has 0 saturated carbocycles. The first-order valence-electron chi connectivity index (χ1n) is 4.58. The van der Waals surface area contributed by atoms with Gasteiger partial charge < -0.3 is 4.74 Å². The monoisotopic (exact) mass is 215 g/mol. The predicted octanol–water partition coefficient (Wildman–Crippen LogP) is 2.71. The highest BCUT2D eigenvalue weighted by Crippen LogP contribution is 2.18. The maximum atomic E-state index is 5.62. The molecule has 1 atom stereocenters. The van der Waals surface area contributed by atoms with Crippen molar-refractivity contribution in [3.05, 3.63) is 35.9 Å². The number of benzene rings is 1. The van der Waals surface area contributed by atoms with Gasteiger partial charge in [0.25, 0.3) is 0 Å². The Bertz CT molecular complexity index is 238. The van der Waals surface area contributed by atoms with Crippen LogP contribution in [0.5, 0.6) is 0 Å². The molecule has 0 fully saturated rings. The zero-order valence-corrected chi connectivity index (χ0v) is 9.75. The van der Waals surface area contributed by atoms with E-state index >= 15 is 0 Å². The molecule has 1 aromatic carbocycles. The van der Waals surface area contributed by atoms with Gasteiger partial charge in [-0.05, 0) is 26.6 Å². The van der Waals surface area contributed by atoms with Crippen LogP contribution in [-0.4, -0.2) is 25.6 Å². The van der Waals surface area contributed by atoms with E-state index in [1.807, 2.05) is 39.2 Å². The van der Waals surface area contributed by atoms with Gasteiger partial charge in [0, 0.05) is 6.61 Å². The van der Waals surface area contributed by atoms with Gasteiger partial charge in [-0.2, -0.15) is 0 Å². The lowest BCUT2D eigenvalue weighted by Gasteiger charge is -2.24. The highest BCUT2D eigenvalue weighted by molar-refractivity contribution is 5.85. The Morgan fingerprint density at radius 3 is 2.21 bits per heavy atom. The smallest absolute Gasteiger partial charge is 0.136 e. The summed E-state index contributed by atoms with van der Waals surface area (Å²) in [5, 5.41) is 0. The fourth-order valence-electron chi connectivity index (χ4n) is 1.32. The van der Waals surface area contributed by atoms with Crippen molar-refractivity contribution in [2.45, 2.75) is 13.2 Å². The maximum absolute atomic E-state index is 5.62. The summed E-state index contributed by atoms with van der Waals surface area (Å²) in [5.74, 6) is 0. The van der Waals surface area contributed by atoms with E-state index in [9.17, 15) is 0 Å². The van der Waals surface area contributed by atoms with Crippen LogP contribution in [0, 0.1) is 0 Å². The van der Waals surface area contributed by atoms with Gasteiger partial charge in [-0.1, -0.05) is 30.3 Å². The van der Waals surface area contributed by atoms with E-state index in [0.717, 1.165) is 6.61 Å². The van der Waals surface area contributed by atoms with Crippen LogP contribution in [0.15, 0.2) is 30.3 Å². The third kappa shape index (κ3) is 3.66. The predicted molar refractivity (Wildman–Crippen MR) is 61.7 cm³/mol. The normalized spacial score (nSPS) is 12.3. The Kier molecular flexibility index (Phi) is 6.54. The first kappa shape index (κ1) is 13.4. The molecule has 1 aromatic rings. The summed E-state index contributed by atoms with van der Waals surface area (Å²) in [6.07, 6.45) is 0.0752. The van der Waals surface area contributed by atoms with Crippen molar-refractivity contribution in [3.63, 3.8) is 0 Å². The molecular formula is C11H18ClNO. The number of rotatable bonds is 4. The summed E-state index contributed by atoms with van der Waals surface area (Å²) >= 11 is 0. The van der Waals surface area contributed by atoms with E-state index < -0.39 is 0 Å². The summed E-state index contributed by atoms with van der Waals surface area (Å²) in [6.45, 7) is 2.75. The molecule has 80 valence electrons. The molecule has 0 aliphatic carbocycles. The quantitative estimate of drug-likeness (QED) is 0.717. The molecule has 0 bridgehead atoms. The molecule has 0 saturated heterocycles. The first-order chi connectivity index (χ1) is 6.25. The molecule has 0 radical (unpaired) electrons. The van der Waals surface area contributed by atoms with Crippen LogP contribution in [0.2, 0.25) is 0 Å². The molecule has 1 rings (SSSR count). The molecule has 0 spiro atoms. The molecule has 0 N–H and O–H groups in total. The van der Waals surface area contributed by atoms with Gasteiger partial charge in [-0.25, -0.2) is 0 Å². The van der Waals surface area contributed by atoms with Crippen molar-refractivity contribution < 1.29 is 4.74 Å².